The van der Waals surface area contributed by atoms with Crippen LogP contribution in [0.5, 0.6) is 5.75 Å². The molecule has 1 N–H and O–H groups in total. The fraction of sp³-hybridized carbons (Fsp3) is 0.179. The first-order valence-electron chi connectivity index (χ1n) is 11.1. The first kappa shape index (κ1) is 25.0. The summed E-state index contributed by atoms with van der Waals surface area (Å²) in [6, 6.07) is 17.8. The molecule has 8 heteroatoms. The fourth-order valence-electron chi connectivity index (χ4n) is 4.31. The second-order valence-electron chi connectivity index (χ2n) is 8.29. The molecule has 0 aliphatic carbocycles. The number of ketones is 1. The number of Topliss-reactive ketones (excluding diaryl/α,β-unsaturated/α-hetero) is 1. The molecule has 3 aromatic carbocycles. The molecule has 36 heavy (non-hydrogen) atoms. The summed E-state index contributed by atoms with van der Waals surface area (Å²) in [4.78, 5) is 39.8. The smallest absolute Gasteiger partial charge is 0.309 e. The van der Waals surface area contributed by atoms with Crippen molar-refractivity contribution in [2.24, 2.45) is 0 Å². The highest BCUT2D eigenvalue weighted by atomic mass is 35.5. The monoisotopic (exact) mass is 505 g/mol. The second kappa shape index (κ2) is 10.3. The Labute approximate surface area is 213 Å². The molecule has 0 radical (unpaired) electrons. The normalized spacial score (nSPS) is 16.8. The van der Waals surface area contributed by atoms with Gasteiger partial charge in [0.15, 0.2) is 0 Å². The van der Waals surface area contributed by atoms with Gasteiger partial charge >= 0.3 is 5.97 Å². The highest BCUT2D eigenvalue weighted by Gasteiger charge is 2.47. The first-order chi connectivity index (χ1) is 17.3. The van der Waals surface area contributed by atoms with E-state index in [4.69, 9.17) is 21.1 Å². The molecule has 1 saturated heterocycles. The number of hydrogen-bond acceptors (Lipinski definition) is 6. The molecule has 1 unspecified atom stereocenters. The van der Waals surface area contributed by atoms with Crippen LogP contribution in [0, 0.1) is 6.92 Å². The summed E-state index contributed by atoms with van der Waals surface area (Å²) in [6.45, 7) is 1.87. The summed E-state index contributed by atoms with van der Waals surface area (Å²) in [5, 5.41) is 11.7. The van der Waals surface area contributed by atoms with Crippen molar-refractivity contribution in [1.82, 2.24) is 0 Å². The van der Waals surface area contributed by atoms with E-state index in [2.05, 4.69) is 0 Å². The molecular formula is C28H24ClNO6. The van der Waals surface area contributed by atoms with E-state index in [0.29, 0.717) is 27.6 Å². The number of benzene rings is 3. The number of ether oxygens (including phenoxy) is 2. The Morgan fingerprint density at radius 3 is 2.36 bits per heavy atom. The summed E-state index contributed by atoms with van der Waals surface area (Å²) in [6.07, 6.45) is 0.0748. The molecule has 0 spiro atoms. The van der Waals surface area contributed by atoms with Gasteiger partial charge in [0, 0.05) is 10.7 Å². The van der Waals surface area contributed by atoms with Gasteiger partial charge in [-0.05, 0) is 53.9 Å². The molecule has 3 aromatic rings. The Morgan fingerprint density at radius 2 is 1.72 bits per heavy atom. The van der Waals surface area contributed by atoms with Crippen molar-refractivity contribution in [1.29, 1.82) is 0 Å². The molecular weight excluding hydrogens is 482 g/mol. The first-order valence-corrected chi connectivity index (χ1v) is 11.5. The van der Waals surface area contributed by atoms with Crippen molar-refractivity contribution >= 4 is 40.7 Å². The van der Waals surface area contributed by atoms with E-state index in [1.165, 1.54) is 25.2 Å². The largest absolute Gasteiger partial charge is 0.507 e. The van der Waals surface area contributed by atoms with E-state index < -0.39 is 23.7 Å². The molecule has 1 aliphatic rings. The zero-order valence-corrected chi connectivity index (χ0v) is 20.7. The lowest BCUT2D eigenvalue weighted by Crippen LogP contribution is -2.29. The molecule has 184 valence electrons. The van der Waals surface area contributed by atoms with Crippen molar-refractivity contribution in [3.63, 3.8) is 0 Å². The number of amides is 1. The van der Waals surface area contributed by atoms with Crippen LogP contribution < -0.4 is 9.64 Å². The zero-order chi connectivity index (χ0) is 26.0. The van der Waals surface area contributed by atoms with Crippen LogP contribution in [0.2, 0.25) is 5.02 Å². The van der Waals surface area contributed by atoms with Crippen LogP contribution >= 0.6 is 11.6 Å². The molecule has 1 fully saturated rings. The number of aliphatic hydroxyl groups is 1. The molecule has 1 atom stereocenters. The van der Waals surface area contributed by atoms with Crippen molar-refractivity contribution < 1.29 is 29.0 Å². The third-order valence-corrected chi connectivity index (χ3v) is 6.37. The van der Waals surface area contributed by atoms with Gasteiger partial charge in [-0.3, -0.25) is 19.3 Å². The predicted octanol–water partition coefficient (Wildman–Crippen LogP) is 5.00. The maximum Gasteiger partial charge on any atom is 0.309 e. The Hall–Kier alpha value is -4.10. The average Bonchev–Trinajstić information content (AvgIpc) is 3.14. The van der Waals surface area contributed by atoms with Crippen LogP contribution in [0.25, 0.3) is 5.76 Å². The van der Waals surface area contributed by atoms with Crippen LogP contribution in [0.3, 0.4) is 0 Å². The summed E-state index contributed by atoms with van der Waals surface area (Å²) < 4.78 is 10.1. The third-order valence-electron chi connectivity index (χ3n) is 6.13. The Morgan fingerprint density at radius 1 is 1.03 bits per heavy atom. The lowest BCUT2D eigenvalue weighted by Gasteiger charge is -2.27. The van der Waals surface area contributed by atoms with Gasteiger partial charge in [-0.15, -0.1) is 0 Å². The summed E-state index contributed by atoms with van der Waals surface area (Å²) in [7, 11) is 2.75. The Kier molecular flexibility index (Phi) is 7.12. The lowest BCUT2D eigenvalue weighted by atomic mass is 9.92. The summed E-state index contributed by atoms with van der Waals surface area (Å²) in [5.41, 5.74) is 2.77. The van der Waals surface area contributed by atoms with Gasteiger partial charge in [0.2, 0.25) is 0 Å². The zero-order valence-electron chi connectivity index (χ0n) is 19.9. The van der Waals surface area contributed by atoms with E-state index >= 15 is 0 Å². The number of aliphatic hydroxyl groups excluding tert-OH is 1. The Balaban J connectivity index is 1.91. The highest BCUT2D eigenvalue weighted by molar-refractivity contribution is 6.51. The molecule has 1 heterocycles. The number of anilines is 1. The van der Waals surface area contributed by atoms with Crippen LogP contribution in [-0.2, 0) is 25.5 Å². The van der Waals surface area contributed by atoms with Gasteiger partial charge in [0.05, 0.1) is 37.8 Å². The molecule has 0 bridgehead atoms. The number of rotatable bonds is 6. The van der Waals surface area contributed by atoms with Gasteiger partial charge in [0.25, 0.3) is 11.7 Å². The molecule has 0 saturated carbocycles. The van der Waals surface area contributed by atoms with Crippen molar-refractivity contribution in [3.05, 3.63) is 99.6 Å². The van der Waals surface area contributed by atoms with Gasteiger partial charge in [-0.2, -0.15) is 0 Å². The number of aryl methyl sites for hydroxylation is 1. The van der Waals surface area contributed by atoms with Crippen LogP contribution in [0.15, 0.2) is 72.3 Å². The standard InChI is InChI=1S/C28H24ClNO6/c1-16-6-4-5-7-20(16)25-24(26(32)21-15-18(29)10-13-22(21)35-2)27(33)28(34)30(25)19-11-8-17(9-12-19)14-23(31)36-3/h4-13,15,25,32H,14H2,1-3H3/b26-24+. The topological polar surface area (TPSA) is 93.1 Å². The molecule has 7 nitrogen and oxygen atoms in total. The van der Waals surface area contributed by atoms with Crippen LogP contribution in [0.4, 0.5) is 5.69 Å². The third kappa shape index (κ3) is 4.57. The fourth-order valence-corrected chi connectivity index (χ4v) is 4.48. The number of carbonyl (C=O) groups excluding carboxylic acids is 3. The Bertz CT molecular complexity index is 1380. The summed E-state index contributed by atoms with van der Waals surface area (Å²) >= 11 is 6.17. The highest BCUT2D eigenvalue weighted by Crippen LogP contribution is 2.44. The molecule has 1 aliphatic heterocycles. The second-order valence-corrected chi connectivity index (χ2v) is 8.73. The van der Waals surface area contributed by atoms with Crippen molar-refractivity contribution in [2.45, 2.75) is 19.4 Å². The minimum Gasteiger partial charge on any atom is -0.507 e. The SMILES string of the molecule is COC(=O)Cc1ccc(N2C(=O)C(=O)/C(=C(/O)c3cc(Cl)ccc3OC)C2c2ccccc2C)cc1. The van der Waals surface area contributed by atoms with Gasteiger partial charge in [0.1, 0.15) is 11.5 Å². The van der Waals surface area contributed by atoms with Gasteiger partial charge in [-0.25, -0.2) is 0 Å². The quantitative estimate of drug-likeness (QED) is 0.219. The minimum absolute atomic E-state index is 0.0748. The number of hydrogen-bond donors (Lipinski definition) is 1. The van der Waals surface area contributed by atoms with E-state index in [1.807, 2.05) is 31.2 Å². The van der Waals surface area contributed by atoms with Crippen molar-refractivity contribution in [2.75, 3.05) is 19.1 Å². The number of carbonyl (C=O) groups is 3. The lowest BCUT2D eigenvalue weighted by molar-refractivity contribution is -0.139. The van der Waals surface area contributed by atoms with E-state index in [0.717, 1.165) is 5.56 Å². The van der Waals surface area contributed by atoms with E-state index in [-0.39, 0.29) is 23.3 Å². The van der Waals surface area contributed by atoms with Gasteiger partial charge < -0.3 is 14.6 Å². The van der Waals surface area contributed by atoms with Crippen LogP contribution in [-0.4, -0.2) is 37.0 Å². The van der Waals surface area contributed by atoms with Crippen LogP contribution in [0.1, 0.15) is 28.3 Å². The number of nitrogens with zero attached hydrogens (tertiary/aromatic N) is 1. The van der Waals surface area contributed by atoms with Gasteiger partial charge in [-0.1, -0.05) is 48.0 Å². The van der Waals surface area contributed by atoms with Crippen molar-refractivity contribution in [3.8, 4) is 5.75 Å². The molecule has 0 aromatic heterocycles. The maximum absolute atomic E-state index is 13.4. The predicted molar refractivity (Wildman–Crippen MR) is 136 cm³/mol. The maximum atomic E-state index is 13.4. The number of halogens is 1. The number of esters is 1. The molecule has 4 rings (SSSR count). The molecule has 1 amide bonds. The van der Waals surface area contributed by atoms with E-state index in [1.54, 1.807) is 36.4 Å². The average molecular weight is 506 g/mol. The summed E-state index contributed by atoms with van der Waals surface area (Å²) in [5.74, 6) is -2.09. The van der Waals surface area contributed by atoms with E-state index in [9.17, 15) is 19.5 Å². The number of methoxy groups -OCH3 is 2. The minimum atomic E-state index is -0.902.